The molecule has 2 aliphatic heterocycles. The van der Waals surface area contributed by atoms with Crippen molar-refractivity contribution in [1.29, 1.82) is 0 Å². The molecule has 0 unspecified atom stereocenters. The zero-order valence-electron chi connectivity index (χ0n) is 18.5. The van der Waals surface area contributed by atoms with Gasteiger partial charge in [-0.3, -0.25) is 9.88 Å². The number of nitrogens with zero attached hydrogens (tertiary/aromatic N) is 5. The van der Waals surface area contributed by atoms with Gasteiger partial charge in [0.25, 0.3) is 0 Å². The second-order valence-corrected chi connectivity index (χ2v) is 9.76. The third kappa shape index (κ3) is 5.39. The predicted octanol–water partition coefficient (Wildman–Crippen LogP) is 4.37. The van der Waals surface area contributed by atoms with Crippen molar-refractivity contribution in [3.8, 4) is 0 Å². The first kappa shape index (κ1) is 21.6. The largest absolute Gasteiger partial charge is 0.377 e. The Bertz CT molecular complexity index is 967. The standard InChI is InChI=1S/C25H31N5OS/c1-2-6-20(7-3-1)18-30-24(27-28-25(30)32-19-23-9-5-15-31-23)22-10-13-29(14-11-22)17-21-8-4-12-26-16-21/h1-4,6-8,12,16,22-23H,5,9-11,13-15,17-19H2/t23-/m1/s1. The highest BCUT2D eigenvalue weighted by molar-refractivity contribution is 7.99. The van der Waals surface area contributed by atoms with Crippen LogP contribution in [0.25, 0.3) is 0 Å². The number of likely N-dealkylation sites (tertiary alicyclic amines) is 1. The van der Waals surface area contributed by atoms with Crippen LogP contribution in [0.2, 0.25) is 0 Å². The highest BCUT2D eigenvalue weighted by atomic mass is 32.2. The van der Waals surface area contributed by atoms with E-state index in [1.54, 1.807) is 11.8 Å². The van der Waals surface area contributed by atoms with Crippen molar-refractivity contribution in [1.82, 2.24) is 24.6 Å². The van der Waals surface area contributed by atoms with Crippen LogP contribution in [0, 0.1) is 0 Å². The van der Waals surface area contributed by atoms with Crippen LogP contribution in [0.4, 0.5) is 0 Å². The topological polar surface area (TPSA) is 56.1 Å². The maximum absolute atomic E-state index is 5.83. The fraction of sp³-hybridized carbons (Fsp3) is 0.480. The third-order valence-electron chi connectivity index (χ3n) is 6.43. The Balaban J connectivity index is 1.28. The van der Waals surface area contributed by atoms with Gasteiger partial charge in [-0.1, -0.05) is 48.2 Å². The van der Waals surface area contributed by atoms with Gasteiger partial charge >= 0.3 is 0 Å². The van der Waals surface area contributed by atoms with Crippen molar-refractivity contribution >= 4 is 11.8 Å². The van der Waals surface area contributed by atoms with Crippen LogP contribution >= 0.6 is 11.8 Å². The molecule has 7 heteroatoms. The van der Waals surface area contributed by atoms with Gasteiger partial charge in [0.05, 0.1) is 12.6 Å². The minimum Gasteiger partial charge on any atom is -0.377 e. The van der Waals surface area contributed by atoms with E-state index < -0.39 is 0 Å². The number of benzene rings is 1. The van der Waals surface area contributed by atoms with E-state index in [4.69, 9.17) is 9.84 Å². The third-order valence-corrected chi connectivity index (χ3v) is 7.53. The summed E-state index contributed by atoms with van der Waals surface area (Å²) < 4.78 is 8.19. The van der Waals surface area contributed by atoms with Gasteiger partial charge in [0.15, 0.2) is 5.16 Å². The predicted molar refractivity (Wildman–Crippen MR) is 127 cm³/mol. The monoisotopic (exact) mass is 449 g/mol. The molecule has 3 aromatic rings. The van der Waals surface area contributed by atoms with E-state index in [9.17, 15) is 0 Å². The summed E-state index contributed by atoms with van der Waals surface area (Å²) in [5.41, 5.74) is 2.58. The summed E-state index contributed by atoms with van der Waals surface area (Å²) in [6.45, 7) is 4.85. The number of thioether (sulfide) groups is 1. The Morgan fingerprint density at radius 2 is 1.78 bits per heavy atom. The maximum atomic E-state index is 5.83. The van der Waals surface area contributed by atoms with Crippen molar-refractivity contribution in [3.63, 3.8) is 0 Å². The first-order valence-electron chi connectivity index (χ1n) is 11.7. The summed E-state index contributed by atoms with van der Waals surface area (Å²) >= 11 is 1.80. The van der Waals surface area contributed by atoms with Crippen molar-refractivity contribution in [3.05, 3.63) is 71.8 Å². The zero-order chi connectivity index (χ0) is 21.6. The lowest BCUT2D eigenvalue weighted by molar-refractivity contribution is 0.129. The molecule has 2 aromatic heterocycles. The number of piperidine rings is 1. The Hall–Kier alpha value is -2.22. The SMILES string of the molecule is c1ccc(Cn2c(SC[C@H]3CCCO3)nnc2C2CCN(Cc3cccnc3)CC2)cc1. The van der Waals surface area contributed by atoms with Crippen LogP contribution in [0.5, 0.6) is 0 Å². The summed E-state index contributed by atoms with van der Waals surface area (Å²) in [5, 5.41) is 10.4. The summed E-state index contributed by atoms with van der Waals surface area (Å²) in [7, 11) is 0. The lowest BCUT2D eigenvalue weighted by Gasteiger charge is -2.31. The van der Waals surface area contributed by atoms with E-state index in [1.165, 1.54) is 17.5 Å². The van der Waals surface area contributed by atoms with Gasteiger partial charge in [0.1, 0.15) is 5.82 Å². The lowest BCUT2D eigenvalue weighted by Crippen LogP contribution is -2.33. The van der Waals surface area contributed by atoms with Crippen LogP contribution in [0.1, 0.15) is 48.6 Å². The summed E-state index contributed by atoms with van der Waals surface area (Å²) in [5.74, 6) is 2.55. The molecule has 32 heavy (non-hydrogen) atoms. The molecule has 1 atom stereocenters. The second-order valence-electron chi connectivity index (χ2n) is 8.77. The highest BCUT2D eigenvalue weighted by Crippen LogP contribution is 2.31. The second kappa shape index (κ2) is 10.6. The number of hydrogen-bond acceptors (Lipinski definition) is 6. The minimum atomic E-state index is 0.348. The minimum absolute atomic E-state index is 0.348. The van der Waals surface area contributed by atoms with Crippen LogP contribution < -0.4 is 0 Å². The van der Waals surface area contributed by atoms with E-state index >= 15 is 0 Å². The van der Waals surface area contributed by atoms with Gasteiger partial charge in [-0.05, 0) is 56.0 Å². The van der Waals surface area contributed by atoms with Crippen LogP contribution in [-0.4, -0.2) is 56.2 Å². The molecule has 2 fully saturated rings. The molecule has 5 rings (SSSR count). The Labute approximate surface area is 194 Å². The van der Waals surface area contributed by atoms with Gasteiger partial charge < -0.3 is 9.30 Å². The molecule has 6 nitrogen and oxygen atoms in total. The van der Waals surface area contributed by atoms with Crippen molar-refractivity contribution in [2.75, 3.05) is 25.4 Å². The molecule has 0 radical (unpaired) electrons. The van der Waals surface area contributed by atoms with Crippen LogP contribution in [0.3, 0.4) is 0 Å². The van der Waals surface area contributed by atoms with Crippen molar-refractivity contribution in [2.24, 2.45) is 0 Å². The van der Waals surface area contributed by atoms with Crippen LogP contribution in [-0.2, 0) is 17.8 Å². The number of aromatic nitrogens is 4. The van der Waals surface area contributed by atoms with E-state index in [0.717, 1.165) is 68.8 Å². The molecule has 0 saturated carbocycles. The average molecular weight is 450 g/mol. The smallest absolute Gasteiger partial charge is 0.191 e. The molecule has 2 saturated heterocycles. The highest BCUT2D eigenvalue weighted by Gasteiger charge is 2.27. The zero-order valence-corrected chi connectivity index (χ0v) is 19.3. The summed E-state index contributed by atoms with van der Waals surface area (Å²) in [6, 6.07) is 14.8. The lowest BCUT2D eigenvalue weighted by atomic mass is 9.95. The number of rotatable bonds is 8. The molecule has 0 N–H and O–H groups in total. The van der Waals surface area contributed by atoms with Crippen molar-refractivity contribution < 1.29 is 4.74 Å². The van der Waals surface area contributed by atoms with E-state index in [1.807, 2.05) is 18.5 Å². The molecule has 1 aromatic carbocycles. The quantitative estimate of drug-likeness (QED) is 0.476. The van der Waals surface area contributed by atoms with Crippen molar-refractivity contribution in [2.45, 2.75) is 56.0 Å². The van der Waals surface area contributed by atoms with E-state index in [0.29, 0.717) is 12.0 Å². The fourth-order valence-corrected chi connectivity index (χ4v) is 5.68. The van der Waals surface area contributed by atoms with Gasteiger partial charge in [-0.25, -0.2) is 0 Å². The summed E-state index contributed by atoms with van der Waals surface area (Å²) in [4.78, 5) is 6.78. The van der Waals surface area contributed by atoms with E-state index in [2.05, 4.69) is 55.9 Å². The molecular weight excluding hydrogens is 418 g/mol. The van der Waals surface area contributed by atoms with Crippen LogP contribution in [0.15, 0.2) is 60.0 Å². The molecule has 0 aliphatic carbocycles. The molecular formula is C25H31N5OS. The van der Waals surface area contributed by atoms with Gasteiger partial charge in [0.2, 0.25) is 0 Å². The normalized spacial score (nSPS) is 20.1. The Kier molecular flexibility index (Phi) is 7.16. The first-order chi connectivity index (χ1) is 15.8. The molecule has 4 heterocycles. The molecule has 2 aliphatic rings. The molecule has 0 amide bonds. The number of ether oxygens (including phenoxy) is 1. The molecule has 0 spiro atoms. The van der Waals surface area contributed by atoms with Gasteiger partial charge in [0, 0.05) is 37.2 Å². The fourth-order valence-electron chi connectivity index (χ4n) is 4.67. The van der Waals surface area contributed by atoms with Gasteiger partial charge in [-0.2, -0.15) is 0 Å². The Morgan fingerprint density at radius 1 is 0.938 bits per heavy atom. The summed E-state index contributed by atoms with van der Waals surface area (Å²) in [6.07, 6.45) is 8.71. The number of hydrogen-bond donors (Lipinski definition) is 0. The maximum Gasteiger partial charge on any atom is 0.191 e. The van der Waals surface area contributed by atoms with E-state index in [-0.39, 0.29) is 0 Å². The average Bonchev–Trinajstić information content (AvgIpc) is 3.50. The number of pyridine rings is 1. The van der Waals surface area contributed by atoms with Gasteiger partial charge in [-0.15, -0.1) is 10.2 Å². The molecule has 0 bridgehead atoms. The molecule has 168 valence electrons. The Morgan fingerprint density at radius 3 is 2.53 bits per heavy atom. The first-order valence-corrected chi connectivity index (χ1v) is 12.7.